The second-order valence-corrected chi connectivity index (χ2v) is 8.07. The van der Waals surface area contributed by atoms with E-state index in [1.165, 1.54) is 21.9 Å². The molecule has 0 unspecified atom stereocenters. The van der Waals surface area contributed by atoms with Gasteiger partial charge in [0.1, 0.15) is 32.0 Å². The van der Waals surface area contributed by atoms with Crippen molar-refractivity contribution in [3.63, 3.8) is 0 Å². The van der Waals surface area contributed by atoms with Crippen LogP contribution >= 0.6 is 11.3 Å². The predicted molar refractivity (Wildman–Crippen MR) is 107 cm³/mol. The molecule has 3 rings (SSSR count). The van der Waals surface area contributed by atoms with Crippen LogP contribution in [-0.2, 0) is 16.1 Å². The number of carbonyl (C=O) groups excluding carboxylic acids is 2. The van der Waals surface area contributed by atoms with Crippen molar-refractivity contribution in [3.05, 3.63) is 52.5 Å². The van der Waals surface area contributed by atoms with Crippen LogP contribution in [-0.4, -0.2) is 63.0 Å². The monoisotopic (exact) mass is 406 g/mol. The molecule has 0 spiro atoms. The van der Waals surface area contributed by atoms with Gasteiger partial charge in [-0.3, -0.25) is 9.59 Å². The van der Waals surface area contributed by atoms with E-state index in [1.54, 1.807) is 28.4 Å². The molecule has 1 aliphatic heterocycles. The topological polar surface area (TPSA) is 58.3 Å². The molecule has 1 saturated heterocycles. The van der Waals surface area contributed by atoms with E-state index in [9.17, 15) is 14.0 Å². The van der Waals surface area contributed by atoms with E-state index in [4.69, 9.17) is 0 Å². The van der Waals surface area contributed by atoms with Gasteiger partial charge >= 0.3 is 0 Å². The van der Waals surface area contributed by atoms with Gasteiger partial charge in [-0.25, -0.2) is 4.39 Å². The molecule has 0 bridgehead atoms. The standard InChI is InChI=1S/C20H25FN4O2S/c1-23(12-16-5-10-28-15-16)20(27)14-25-8-6-24(7-9-25)13-19(26)22-18-4-2-3-17(21)11-18/h2-5,10-11,15H,6-9,12-14H2,1H3,(H,22,26)/p+2. The molecule has 3 N–H and O–H groups in total. The number of anilines is 1. The van der Waals surface area contributed by atoms with Crippen LogP contribution in [0, 0.1) is 5.82 Å². The molecule has 150 valence electrons. The molecule has 28 heavy (non-hydrogen) atoms. The fraction of sp³-hybridized carbons (Fsp3) is 0.400. The Morgan fingerprint density at radius 3 is 2.50 bits per heavy atom. The summed E-state index contributed by atoms with van der Waals surface area (Å²) in [4.78, 5) is 28.8. The first-order chi connectivity index (χ1) is 13.5. The lowest BCUT2D eigenvalue weighted by atomic mass is 10.2. The number of thiophene rings is 1. The molecule has 1 aromatic carbocycles. The Kier molecular flexibility index (Phi) is 7.13. The Labute approximate surface area is 168 Å². The SMILES string of the molecule is CN(Cc1ccsc1)C(=O)C[NH+]1CC[NH+](CC(=O)Nc2cccc(F)c2)CC1. The molecular formula is C20H27FN4O2S+2. The normalized spacial score (nSPS) is 19.2. The maximum absolute atomic E-state index is 13.2. The summed E-state index contributed by atoms with van der Waals surface area (Å²) >= 11 is 1.64. The van der Waals surface area contributed by atoms with Crippen LogP contribution < -0.4 is 15.1 Å². The van der Waals surface area contributed by atoms with Crippen molar-refractivity contribution in [3.8, 4) is 0 Å². The van der Waals surface area contributed by atoms with Crippen LogP contribution in [0.1, 0.15) is 5.56 Å². The van der Waals surface area contributed by atoms with Gasteiger partial charge in [0.05, 0.1) is 0 Å². The maximum atomic E-state index is 13.2. The van der Waals surface area contributed by atoms with E-state index in [1.807, 2.05) is 18.5 Å². The predicted octanol–water partition coefficient (Wildman–Crippen LogP) is -0.732. The summed E-state index contributed by atoms with van der Waals surface area (Å²) in [6.07, 6.45) is 0. The summed E-state index contributed by atoms with van der Waals surface area (Å²) in [5, 5.41) is 6.83. The number of rotatable bonds is 7. The molecule has 2 heterocycles. The zero-order chi connectivity index (χ0) is 19.9. The first-order valence-electron chi connectivity index (χ1n) is 9.47. The molecule has 2 amide bonds. The van der Waals surface area contributed by atoms with Crippen molar-refractivity contribution >= 4 is 28.8 Å². The minimum absolute atomic E-state index is 0.115. The highest BCUT2D eigenvalue weighted by atomic mass is 32.1. The van der Waals surface area contributed by atoms with E-state index in [0.717, 1.165) is 31.7 Å². The summed E-state index contributed by atoms with van der Waals surface area (Å²) in [7, 11) is 1.84. The number of quaternary nitrogens is 2. The van der Waals surface area contributed by atoms with E-state index in [2.05, 4.69) is 10.7 Å². The number of amides is 2. The van der Waals surface area contributed by atoms with Crippen LogP contribution in [0.5, 0.6) is 0 Å². The Morgan fingerprint density at radius 1 is 1.14 bits per heavy atom. The van der Waals surface area contributed by atoms with Crippen molar-refractivity contribution in [2.45, 2.75) is 6.54 Å². The molecule has 8 heteroatoms. The van der Waals surface area contributed by atoms with Crippen molar-refractivity contribution in [2.75, 3.05) is 51.6 Å². The number of carbonyl (C=O) groups is 2. The van der Waals surface area contributed by atoms with E-state index in [-0.39, 0.29) is 17.6 Å². The highest BCUT2D eigenvalue weighted by Gasteiger charge is 2.27. The lowest BCUT2D eigenvalue weighted by Crippen LogP contribution is -3.28. The zero-order valence-corrected chi connectivity index (χ0v) is 16.9. The molecule has 1 fully saturated rings. The van der Waals surface area contributed by atoms with Crippen LogP contribution in [0.2, 0.25) is 0 Å². The minimum Gasteiger partial charge on any atom is -0.337 e. The van der Waals surface area contributed by atoms with Gasteiger partial charge < -0.3 is 20.0 Å². The van der Waals surface area contributed by atoms with E-state index < -0.39 is 0 Å². The van der Waals surface area contributed by atoms with Crippen LogP contribution in [0.3, 0.4) is 0 Å². The molecule has 2 aromatic rings. The van der Waals surface area contributed by atoms with Crippen molar-refractivity contribution in [2.24, 2.45) is 0 Å². The summed E-state index contributed by atoms with van der Waals surface area (Å²) in [6, 6.07) is 7.96. The highest BCUT2D eigenvalue weighted by molar-refractivity contribution is 7.07. The number of nitrogens with one attached hydrogen (secondary N) is 3. The zero-order valence-electron chi connectivity index (χ0n) is 16.0. The number of hydrogen-bond acceptors (Lipinski definition) is 3. The van der Waals surface area contributed by atoms with Crippen molar-refractivity contribution < 1.29 is 23.8 Å². The molecule has 0 aliphatic carbocycles. The smallest absolute Gasteiger partial charge is 0.279 e. The third-order valence-electron chi connectivity index (χ3n) is 5.01. The second kappa shape index (κ2) is 9.77. The molecule has 1 aromatic heterocycles. The van der Waals surface area contributed by atoms with Gasteiger partial charge in [0, 0.05) is 19.3 Å². The van der Waals surface area contributed by atoms with Crippen LogP contribution in [0.4, 0.5) is 10.1 Å². The largest absolute Gasteiger partial charge is 0.337 e. The Balaban J connectivity index is 1.38. The first kappa shape index (κ1) is 20.4. The van der Waals surface area contributed by atoms with Gasteiger partial charge in [-0.15, -0.1) is 0 Å². The van der Waals surface area contributed by atoms with Gasteiger partial charge in [0.15, 0.2) is 13.1 Å². The Morgan fingerprint density at radius 2 is 1.86 bits per heavy atom. The molecular weight excluding hydrogens is 379 g/mol. The fourth-order valence-electron chi connectivity index (χ4n) is 3.40. The lowest BCUT2D eigenvalue weighted by Gasteiger charge is -2.30. The number of halogens is 1. The first-order valence-corrected chi connectivity index (χ1v) is 10.4. The quantitative estimate of drug-likeness (QED) is 0.568. The summed E-state index contributed by atoms with van der Waals surface area (Å²) in [6.45, 7) is 4.90. The molecule has 1 aliphatic rings. The summed E-state index contributed by atoms with van der Waals surface area (Å²) < 4.78 is 13.2. The van der Waals surface area contributed by atoms with Crippen LogP contribution in [0.15, 0.2) is 41.1 Å². The molecule has 0 saturated carbocycles. The van der Waals surface area contributed by atoms with Crippen LogP contribution in [0.25, 0.3) is 0 Å². The average Bonchev–Trinajstić information content (AvgIpc) is 3.16. The number of piperazine rings is 1. The van der Waals surface area contributed by atoms with E-state index in [0.29, 0.717) is 25.3 Å². The van der Waals surface area contributed by atoms with Gasteiger partial charge in [0.25, 0.3) is 11.8 Å². The third-order valence-corrected chi connectivity index (χ3v) is 5.74. The fourth-order valence-corrected chi connectivity index (χ4v) is 4.06. The molecule has 0 atom stereocenters. The van der Waals surface area contributed by atoms with Gasteiger partial charge in [-0.2, -0.15) is 11.3 Å². The Bertz CT molecular complexity index is 791. The second-order valence-electron chi connectivity index (χ2n) is 7.29. The third kappa shape index (κ3) is 6.12. The van der Waals surface area contributed by atoms with Gasteiger partial charge in [0.2, 0.25) is 0 Å². The summed E-state index contributed by atoms with van der Waals surface area (Å²) in [5.41, 5.74) is 1.64. The van der Waals surface area contributed by atoms with Gasteiger partial charge in [-0.1, -0.05) is 6.07 Å². The maximum Gasteiger partial charge on any atom is 0.279 e. The number of hydrogen-bond donors (Lipinski definition) is 3. The Hall–Kier alpha value is -2.29. The molecule has 6 nitrogen and oxygen atoms in total. The lowest BCUT2D eigenvalue weighted by molar-refractivity contribution is -1.00. The van der Waals surface area contributed by atoms with Gasteiger partial charge in [-0.05, 0) is 40.6 Å². The number of benzene rings is 1. The van der Waals surface area contributed by atoms with Crippen molar-refractivity contribution in [1.82, 2.24) is 4.90 Å². The van der Waals surface area contributed by atoms with E-state index >= 15 is 0 Å². The molecule has 0 radical (unpaired) electrons. The highest BCUT2D eigenvalue weighted by Crippen LogP contribution is 2.09. The number of nitrogens with zero attached hydrogens (tertiary/aromatic N) is 1. The average molecular weight is 407 g/mol. The minimum atomic E-state index is -0.365. The van der Waals surface area contributed by atoms with Crippen molar-refractivity contribution in [1.29, 1.82) is 0 Å². The summed E-state index contributed by atoms with van der Waals surface area (Å²) in [5.74, 6) is -0.333. The number of likely N-dealkylation sites (N-methyl/N-ethyl adjacent to an activating group) is 1.